The predicted octanol–water partition coefficient (Wildman–Crippen LogP) is 1.82. The monoisotopic (exact) mass is 386 g/mol. The van der Waals surface area contributed by atoms with Gasteiger partial charge in [-0.1, -0.05) is 6.42 Å². The van der Waals surface area contributed by atoms with Gasteiger partial charge < -0.3 is 9.47 Å². The van der Waals surface area contributed by atoms with Crippen LogP contribution >= 0.6 is 0 Å². The number of hydrogen-bond donors (Lipinski definition) is 0. The number of fused-ring (bicyclic) bond motifs is 2. The zero-order valence-electron chi connectivity index (χ0n) is 15.0. The Hall–Kier alpha value is -2.22. The highest BCUT2D eigenvalue weighted by Gasteiger charge is 2.49. The molecule has 7 nitrogen and oxygen atoms in total. The van der Waals surface area contributed by atoms with Gasteiger partial charge in [-0.05, 0) is 37.1 Å². The largest absolute Gasteiger partial charge is 0.311 e. The number of benzene rings is 1. The molecule has 4 heterocycles. The normalized spacial score (nSPS) is 26.7. The summed E-state index contributed by atoms with van der Waals surface area (Å²) < 4.78 is 26.1. The van der Waals surface area contributed by atoms with E-state index in [0.29, 0.717) is 6.42 Å². The number of carbonyl (C=O) groups is 1. The van der Waals surface area contributed by atoms with Crippen LogP contribution in [0.25, 0.3) is 11.4 Å². The van der Waals surface area contributed by atoms with Gasteiger partial charge in [0.25, 0.3) is 0 Å². The number of rotatable bonds is 2. The summed E-state index contributed by atoms with van der Waals surface area (Å²) in [5.41, 5.74) is 1.74. The minimum atomic E-state index is -3.04. The molecule has 27 heavy (non-hydrogen) atoms. The number of aromatic nitrogens is 3. The van der Waals surface area contributed by atoms with E-state index in [-0.39, 0.29) is 29.4 Å². The van der Waals surface area contributed by atoms with E-state index in [1.807, 2.05) is 24.3 Å². The first kappa shape index (κ1) is 16.9. The predicted molar refractivity (Wildman–Crippen MR) is 101 cm³/mol. The van der Waals surface area contributed by atoms with E-state index < -0.39 is 9.84 Å². The number of nitrogens with zero attached hydrogens (tertiary/aromatic N) is 4. The maximum absolute atomic E-state index is 12.4. The number of anilines is 1. The van der Waals surface area contributed by atoms with Crippen molar-refractivity contribution in [3.05, 3.63) is 30.1 Å². The molecule has 1 aromatic heterocycles. The molecule has 2 saturated heterocycles. The average Bonchev–Trinajstić information content (AvgIpc) is 3.17. The highest BCUT2D eigenvalue weighted by Crippen LogP contribution is 2.37. The van der Waals surface area contributed by atoms with Crippen LogP contribution < -0.4 is 4.90 Å². The number of amides is 1. The standard InChI is InChI=1S/C19H22N4O3S/c24-18-10-14-11-27(25,26)12-16(14)23(18)15-7-5-13(6-8-15)19-21-20-17-4-2-1-3-9-22(17)19/h5-8,14,16H,1-4,9-12H2/t14-,16-/m1/s1. The smallest absolute Gasteiger partial charge is 0.227 e. The third-order valence-corrected chi connectivity index (χ3v) is 7.77. The van der Waals surface area contributed by atoms with Gasteiger partial charge in [0.2, 0.25) is 5.91 Å². The van der Waals surface area contributed by atoms with Crippen molar-refractivity contribution in [3.63, 3.8) is 0 Å². The topological polar surface area (TPSA) is 85.2 Å². The molecule has 2 atom stereocenters. The molecule has 8 heteroatoms. The SMILES string of the molecule is O=C1C[C@@H]2CS(=O)(=O)C[C@H]2N1c1ccc(-c2nnc3n2CCCCC3)cc1. The lowest BCUT2D eigenvalue weighted by molar-refractivity contribution is -0.117. The number of carbonyl (C=O) groups excluding carboxylic acids is 1. The van der Waals surface area contributed by atoms with E-state index in [0.717, 1.165) is 48.7 Å². The van der Waals surface area contributed by atoms with Gasteiger partial charge in [0.1, 0.15) is 5.82 Å². The van der Waals surface area contributed by atoms with E-state index in [4.69, 9.17) is 0 Å². The fraction of sp³-hybridized carbons (Fsp3) is 0.526. The lowest BCUT2D eigenvalue weighted by atomic mass is 10.0. The van der Waals surface area contributed by atoms with Crippen molar-refractivity contribution in [2.24, 2.45) is 5.92 Å². The van der Waals surface area contributed by atoms with Crippen LogP contribution in [0.4, 0.5) is 5.69 Å². The molecule has 1 aromatic carbocycles. The van der Waals surface area contributed by atoms with E-state index >= 15 is 0 Å². The Kier molecular flexibility index (Phi) is 3.86. The second-order valence-electron chi connectivity index (χ2n) is 7.82. The molecule has 2 fully saturated rings. The van der Waals surface area contributed by atoms with E-state index in [9.17, 15) is 13.2 Å². The average molecular weight is 386 g/mol. The molecule has 0 N–H and O–H groups in total. The second kappa shape index (κ2) is 6.15. The Labute approximate surface area is 158 Å². The van der Waals surface area contributed by atoms with Gasteiger partial charge in [-0.25, -0.2) is 8.42 Å². The Bertz CT molecular complexity index is 996. The minimum Gasteiger partial charge on any atom is -0.311 e. The van der Waals surface area contributed by atoms with Crippen molar-refractivity contribution < 1.29 is 13.2 Å². The van der Waals surface area contributed by atoms with Gasteiger partial charge in [-0.3, -0.25) is 4.79 Å². The lowest BCUT2D eigenvalue weighted by Gasteiger charge is -2.23. The molecule has 142 valence electrons. The molecular weight excluding hydrogens is 364 g/mol. The molecule has 2 aromatic rings. The molecule has 0 aliphatic carbocycles. The Balaban J connectivity index is 1.44. The van der Waals surface area contributed by atoms with Crippen molar-refractivity contribution in [1.82, 2.24) is 14.8 Å². The van der Waals surface area contributed by atoms with Crippen molar-refractivity contribution in [3.8, 4) is 11.4 Å². The van der Waals surface area contributed by atoms with Crippen LogP contribution in [0.5, 0.6) is 0 Å². The van der Waals surface area contributed by atoms with E-state index in [1.54, 1.807) is 4.90 Å². The van der Waals surface area contributed by atoms with Crippen LogP contribution in [0.1, 0.15) is 31.5 Å². The fourth-order valence-corrected chi connectivity index (χ4v) is 6.76. The summed E-state index contributed by atoms with van der Waals surface area (Å²) in [5, 5.41) is 8.72. The molecule has 0 unspecified atom stereocenters. The molecule has 0 bridgehead atoms. The van der Waals surface area contributed by atoms with Crippen molar-refractivity contribution in [1.29, 1.82) is 0 Å². The molecule has 3 aliphatic rings. The van der Waals surface area contributed by atoms with Crippen LogP contribution in [0, 0.1) is 5.92 Å². The molecule has 0 radical (unpaired) electrons. The summed E-state index contributed by atoms with van der Waals surface area (Å²) in [5.74, 6) is 2.05. The van der Waals surface area contributed by atoms with Gasteiger partial charge in [-0.15, -0.1) is 10.2 Å². The van der Waals surface area contributed by atoms with E-state index in [2.05, 4.69) is 14.8 Å². The van der Waals surface area contributed by atoms with Crippen molar-refractivity contribution in [2.45, 2.75) is 44.7 Å². The highest BCUT2D eigenvalue weighted by atomic mass is 32.2. The Morgan fingerprint density at radius 2 is 1.81 bits per heavy atom. The minimum absolute atomic E-state index is 0.0176. The summed E-state index contributed by atoms with van der Waals surface area (Å²) in [6.07, 6.45) is 4.79. The molecule has 3 aliphatic heterocycles. The van der Waals surface area contributed by atoms with Crippen LogP contribution in [0.3, 0.4) is 0 Å². The van der Waals surface area contributed by atoms with Crippen molar-refractivity contribution >= 4 is 21.4 Å². The lowest BCUT2D eigenvalue weighted by Crippen LogP contribution is -2.36. The number of hydrogen-bond acceptors (Lipinski definition) is 5. The number of aryl methyl sites for hydroxylation is 1. The van der Waals surface area contributed by atoms with Gasteiger partial charge >= 0.3 is 0 Å². The maximum atomic E-state index is 12.4. The third-order valence-electron chi connectivity index (χ3n) is 5.99. The van der Waals surface area contributed by atoms with Crippen LogP contribution in [-0.2, 0) is 27.6 Å². The molecule has 1 amide bonds. The summed E-state index contributed by atoms with van der Waals surface area (Å²) in [7, 11) is -3.04. The molecular formula is C19H22N4O3S. The maximum Gasteiger partial charge on any atom is 0.227 e. The summed E-state index contributed by atoms with van der Waals surface area (Å²) in [6, 6.07) is 7.50. The fourth-order valence-electron chi connectivity index (χ4n) is 4.69. The summed E-state index contributed by atoms with van der Waals surface area (Å²) in [4.78, 5) is 14.1. The first-order valence-corrected chi connectivity index (χ1v) is 11.4. The van der Waals surface area contributed by atoms with Crippen LogP contribution in [0.2, 0.25) is 0 Å². The third kappa shape index (κ3) is 2.86. The summed E-state index contributed by atoms with van der Waals surface area (Å²) in [6.45, 7) is 0.936. The molecule has 5 rings (SSSR count). The highest BCUT2D eigenvalue weighted by molar-refractivity contribution is 7.91. The zero-order valence-corrected chi connectivity index (χ0v) is 15.9. The number of sulfone groups is 1. The molecule has 0 spiro atoms. The van der Waals surface area contributed by atoms with Gasteiger partial charge in [0, 0.05) is 36.6 Å². The van der Waals surface area contributed by atoms with Gasteiger partial charge in [0.05, 0.1) is 17.5 Å². The quantitative estimate of drug-likeness (QED) is 0.786. The Morgan fingerprint density at radius 3 is 2.63 bits per heavy atom. The van der Waals surface area contributed by atoms with Crippen LogP contribution in [-0.4, -0.2) is 46.6 Å². The van der Waals surface area contributed by atoms with Crippen LogP contribution in [0.15, 0.2) is 24.3 Å². The zero-order chi connectivity index (χ0) is 18.6. The first-order chi connectivity index (χ1) is 13.0. The van der Waals surface area contributed by atoms with Crippen molar-refractivity contribution in [2.75, 3.05) is 16.4 Å². The van der Waals surface area contributed by atoms with Gasteiger partial charge in [-0.2, -0.15) is 0 Å². The summed E-state index contributed by atoms with van der Waals surface area (Å²) >= 11 is 0. The second-order valence-corrected chi connectivity index (χ2v) is 9.98. The first-order valence-electron chi connectivity index (χ1n) is 9.57. The molecule has 0 saturated carbocycles. The van der Waals surface area contributed by atoms with E-state index in [1.165, 1.54) is 6.42 Å². The Morgan fingerprint density at radius 1 is 1.00 bits per heavy atom. The van der Waals surface area contributed by atoms with Gasteiger partial charge in [0.15, 0.2) is 15.7 Å².